The molecule has 0 spiro atoms. The van der Waals surface area contributed by atoms with Crippen LogP contribution in [0, 0.1) is 6.92 Å². The number of fused-ring (bicyclic) bond motifs is 3. The van der Waals surface area contributed by atoms with Crippen LogP contribution in [0.5, 0.6) is 0 Å². The summed E-state index contributed by atoms with van der Waals surface area (Å²) in [6.07, 6.45) is 11.2. The Bertz CT molecular complexity index is 1630. The number of pyridine rings is 1. The van der Waals surface area contributed by atoms with Crippen LogP contribution in [0.15, 0.2) is 54.9 Å². The maximum atomic E-state index is 12.9. The number of aryl methyl sites for hydroxylation is 1. The van der Waals surface area contributed by atoms with E-state index in [2.05, 4.69) is 25.0 Å². The number of nitrogens with zero attached hydrogens (tertiary/aromatic N) is 4. The minimum atomic E-state index is -0.241. The quantitative estimate of drug-likeness (QED) is 0.341. The zero-order valence-electron chi connectivity index (χ0n) is 23.0. The van der Waals surface area contributed by atoms with Gasteiger partial charge in [-0.25, -0.2) is 15.0 Å². The van der Waals surface area contributed by atoms with Crippen molar-refractivity contribution in [3.05, 3.63) is 77.5 Å². The largest absolute Gasteiger partial charge is 0.382 e. The summed E-state index contributed by atoms with van der Waals surface area (Å²) in [5.41, 5.74) is 11.2. The van der Waals surface area contributed by atoms with E-state index in [1.54, 1.807) is 24.5 Å². The molecule has 1 aliphatic carbocycles. The maximum absolute atomic E-state index is 12.9. The summed E-state index contributed by atoms with van der Waals surface area (Å²) >= 11 is 0. The van der Waals surface area contributed by atoms with Gasteiger partial charge in [0.2, 0.25) is 5.91 Å². The highest BCUT2D eigenvalue weighted by atomic mass is 16.5. The molecular formula is C31H33N7O3. The second-order valence-corrected chi connectivity index (χ2v) is 10.6. The fourth-order valence-electron chi connectivity index (χ4n) is 5.62. The third-order valence-electron chi connectivity index (χ3n) is 7.67. The Morgan fingerprint density at radius 3 is 2.83 bits per heavy atom. The smallest absolute Gasteiger partial charge is 0.256 e. The molecule has 3 aromatic heterocycles. The molecule has 1 fully saturated rings. The number of rotatable bonds is 3. The summed E-state index contributed by atoms with van der Waals surface area (Å²) in [5, 5.41) is 6.02. The van der Waals surface area contributed by atoms with Crippen molar-refractivity contribution in [1.29, 1.82) is 0 Å². The fourth-order valence-corrected chi connectivity index (χ4v) is 5.62. The van der Waals surface area contributed by atoms with E-state index >= 15 is 0 Å². The first-order valence-corrected chi connectivity index (χ1v) is 14.0. The van der Waals surface area contributed by atoms with Crippen molar-refractivity contribution in [2.45, 2.75) is 51.0 Å². The summed E-state index contributed by atoms with van der Waals surface area (Å²) in [4.78, 5) is 39.2. The van der Waals surface area contributed by atoms with Crippen LogP contribution in [0.1, 0.15) is 65.5 Å². The van der Waals surface area contributed by atoms with Crippen molar-refractivity contribution in [2.24, 2.45) is 0 Å². The van der Waals surface area contributed by atoms with Crippen LogP contribution in [-0.2, 0) is 9.53 Å². The topological polar surface area (TPSA) is 137 Å². The van der Waals surface area contributed by atoms with E-state index in [0.29, 0.717) is 48.9 Å². The molecule has 210 valence electrons. The minimum Gasteiger partial charge on any atom is -0.382 e. The van der Waals surface area contributed by atoms with E-state index in [4.69, 9.17) is 15.5 Å². The molecule has 2 amide bonds. The molecule has 2 bridgehead atoms. The first-order valence-electron chi connectivity index (χ1n) is 14.0. The molecule has 10 heteroatoms. The molecule has 10 nitrogen and oxygen atoms in total. The lowest BCUT2D eigenvalue weighted by Gasteiger charge is -2.14. The Kier molecular flexibility index (Phi) is 7.47. The Morgan fingerprint density at radius 2 is 2.00 bits per heavy atom. The molecular weight excluding hydrogens is 518 g/mol. The van der Waals surface area contributed by atoms with E-state index in [1.807, 2.05) is 43.3 Å². The van der Waals surface area contributed by atoms with E-state index < -0.39 is 0 Å². The third-order valence-corrected chi connectivity index (χ3v) is 7.67. The summed E-state index contributed by atoms with van der Waals surface area (Å²) in [7, 11) is 0. The number of carbonyl (C=O) groups excluding carboxylic acids is 2. The third kappa shape index (κ3) is 5.69. The van der Waals surface area contributed by atoms with Crippen LogP contribution in [0.3, 0.4) is 0 Å². The average Bonchev–Trinajstić information content (AvgIpc) is 3.59. The van der Waals surface area contributed by atoms with Crippen molar-refractivity contribution in [2.75, 3.05) is 24.3 Å². The number of aromatic nitrogens is 4. The molecule has 1 aromatic carbocycles. The van der Waals surface area contributed by atoms with E-state index in [9.17, 15) is 9.59 Å². The minimum absolute atomic E-state index is 0.0196. The summed E-state index contributed by atoms with van der Waals surface area (Å²) in [5.74, 6) is 1.71. The molecule has 4 heterocycles. The molecule has 0 radical (unpaired) electrons. The number of nitrogen functional groups attached to an aromatic ring is 1. The summed E-state index contributed by atoms with van der Waals surface area (Å²) < 4.78 is 7.75. The van der Waals surface area contributed by atoms with Gasteiger partial charge in [0, 0.05) is 35.7 Å². The standard InChI is InChI=1S/C31H33N7O3/c1-19-11-13-33-25(16-19)36-31(40)21-7-5-20(6-8-21)27-28-29(32)34-18-24-4-2-3-14-41-15-12-26(39)35-23-10-9-22(17-23)30(37-27)38(24)28/h2,4-8,11,13,16,18,22-23H,3,9-10,12,14-15,17H2,1H3,(H2,32,34)(H,35,39)(H,33,36,40)/b4-2+/t22-,23-/m1/s1. The second-order valence-electron chi connectivity index (χ2n) is 10.6. The van der Waals surface area contributed by atoms with Gasteiger partial charge in [0.05, 0.1) is 25.1 Å². The number of imidazole rings is 1. The Hall–Kier alpha value is -4.57. The van der Waals surface area contributed by atoms with Gasteiger partial charge in [-0.15, -0.1) is 0 Å². The van der Waals surface area contributed by atoms with Gasteiger partial charge in [-0.1, -0.05) is 18.2 Å². The number of nitrogens with one attached hydrogen (secondary N) is 2. The highest BCUT2D eigenvalue weighted by molar-refractivity contribution is 6.04. The SMILES string of the molecule is Cc1ccnc(NC(=O)c2ccc(-c3nc4n5c(cnc(N)c35)/C=C/CCOCCC(=O)N[C@@H]3CC[C@@H]4C3)cc2)c1. The molecule has 2 aliphatic rings. The van der Waals surface area contributed by atoms with Crippen LogP contribution in [0.2, 0.25) is 0 Å². The second kappa shape index (κ2) is 11.5. The normalized spacial score (nSPS) is 20.2. The fraction of sp³-hybridized carbons (Fsp3) is 0.323. The number of nitrogens with two attached hydrogens (primary N) is 1. The van der Waals surface area contributed by atoms with Gasteiger partial charge in [-0.05, 0) is 68.5 Å². The number of carbonyl (C=O) groups is 2. The van der Waals surface area contributed by atoms with Gasteiger partial charge in [0.15, 0.2) is 0 Å². The Morgan fingerprint density at radius 1 is 1.15 bits per heavy atom. The molecule has 1 aliphatic heterocycles. The number of amides is 2. The van der Waals surface area contributed by atoms with Crippen molar-refractivity contribution in [1.82, 2.24) is 24.7 Å². The van der Waals surface area contributed by atoms with Crippen LogP contribution in [0.25, 0.3) is 22.9 Å². The van der Waals surface area contributed by atoms with Crippen molar-refractivity contribution in [3.8, 4) is 11.3 Å². The number of hydrogen-bond donors (Lipinski definition) is 3. The predicted molar refractivity (Wildman–Crippen MR) is 157 cm³/mol. The zero-order chi connectivity index (χ0) is 28.3. The first-order chi connectivity index (χ1) is 20.0. The van der Waals surface area contributed by atoms with Gasteiger partial charge in [-0.3, -0.25) is 14.0 Å². The van der Waals surface area contributed by atoms with Crippen LogP contribution in [-0.4, -0.2) is 50.4 Å². The monoisotopic (exact) mass is 551 g/mol. The van der Waals surface area contributed by atoms with Crippen LogP contribution >= 0.6 is 0 Å². The molecule has 6 rings (SSSR count). The predicted octanol–water partition coefficient (Wildman–Crippen LogP) is 4.51. The summed E-state index contributed by atoms with van der Waals surface area (Å²) in [6.45, 7) is 2.89. The van der Waals surface area contributed by atoms with Gasteiger partial charge in [0.25, 0.3) is 5.91 Å². The van der Waals surface area contributed by atoms with E-state index in [1.165, 1.54) is 0 Å². The van der Waals surface area contributed by atoms with Gasteiger partial charge in [-0.2, -0.15) is 0 Å². The molecule has 4 aromatic rings. The van der Waals surface area contributed by atoms with Crippen LogP contribution < -0.4 is 16.4 Å². The number of ether oxygens (including phenoxy) is 1. The van der Waals surface area contributed by atoms with Crippen LogP contribution in [0.4, 0.5) is 11.6 Å². The van der Waals surface area contributed by atoms with Gasteiger partial charge < -0.3 is 21.1 Å². The molecule has 0 unspecified atom stereocenters. The lowest BCUT2D eigenvalue weighted by atomic mass is 10.1. The van der Waals surface area contributed by atoms with E-state index in [-0.39, 0.29) is 23.8 Å². The number of hydrogen-bond acceptors (Lipinski definition) is 7. The summed E-state index contributed by atoms with van der Waals surface area (Å²) in [6, 6.07) is 11.1. The van der Waals surface area contributed by atoms with Gasteiger partial charge in [0.1, 0.15) is 28.7 Å². The Balaban J connectivity index is 1.37. The first kappa shape index (κ1) is 26.6. The number of anilines is 2. The molecule has 4 N–H and O–H groups in total. The Labute approximate surface area is 238 Å². The molecule has 0 saturated heterocycles. The van der Waals surface area contributed by atoms with Crippen molar-refractivity contribution >= 4 is 35.0 Å². The highest BCUT2D eigenvalue weighted by Gasteiger charge is 2.32. The van der Waals surface area contributed by atoms with Gasteiger partial charge >= 0.3 is 0 Å². The molecule has 1 saturated carbocycles. The average molecular weight is 552 g/mol. The van der Waals surface area contributed by atoms with Crippen molar-refractivity contribution < 1.29 is 14.3 Å². The number of benzene rings is 1. The maximum Gasteiger partial charge on any atom is 0.256 e. The lowest BCUT2D eigenvalue weighted by Crippen LogP contribution is -2.33. The lowest BCUT2D eigenvalue weighted by molar-refractivity contribution is -0.122. The van der Waals surface area contributed by atoms with Crippen molar-refractivity contribution in [3.63, 3.8) is 0 Å². The molecule has 41 heavy (non-hydrogen) atoms. The van der Waals surface area contributed by atoms with E-state index in [0.717, 1.165) is 47.4 Å². The molecule has 2 atom stereocenters. The zero-order valence-corrected chi connectivity index (χ0v) is 23.0. The highest BCUT2D eigenvalue weighted by Crippen LogP contribution is 2.39.